The molecule has 0 spiro atoms. The Labute approximate surface area is 66.6 Å². The van der Waals surface area contributed by atoms with E-state index in [0.29, 0.717) is 11.1 Å². The summed E-state index contributed by atoms with van der Waals surface area (Å²) in [4.78, 5) is 11.0. The summed E-state index contributed by atoms with van der Waals surface area (Å²) in [6, 6.07) is 5.33. The summed E-state index contributed by atoms with van der Waals surface area (Å²) in [7, 11) is 0. The minimum atomic E-state index is -0.0581. The van der Waals surface area contributed by atoms with Crippen LogP contribution in [0.5, 0.6) is 0 Å². The molecule has 0 aliphatic heterocycles. The number of nitrogen functional groups attached to an aromatic ring is 1. The lowest BCUT2D eigenvalue weighted by Gasteiger charge is -1.90. The molecule has 0 atom stereocenters. The van der Waals surface area contributed by atoms with Gasteiger partial charge in [-0.1, -0.05) is 17.6 Å². The zero-order valence-electron chi connectivity index (χ0n) is 5.63. The van der Waals surface area contributed by atoms with Gasteiger partial charge in [-0.05, 0) is 12.1 Å². The average molecular weight is 166 g/mol. The normalized spacial score (nSPS) is 10.5. The smallest absolute Gasteiger partial charge is 0.265 e. The van der Waals surface area contributed by atoms with Gasteiger partial charge >= 0.3 is 0 Å². The van der Waals surface area contributed by atoms with Gasteiger partial charge in [-0.2, -0.15) is 0 Å². The van der Waals surface area contributed by atoms with Gasteiger partial charge in [0.1, 0.15) is 0 Å². The molecule has 11 heavy (non-hydrogen) atoms. The lowest BCUT2D eigenvalue weighted by atomic mass is 10.2. The third-order valence-corrected chi connectivity index (χ3v) is 2.48. The van der Waals surface area contributed by atoms with Crippen LogP contribution in [-0.2, 0) is 0 Å². The van der Waals surface area contributed by atoms with Crippen LogP contribution in [0.2, 0.25) is 0 Å². The average Bonchev–Trinajstić information content (AvgIpc) is 2.35. The summed E-state index contributed by atoms with van der Waals surface area (Å²) in [5, 5.41) is 0.676. The Morgan fingerprint density at radius 2 is 2.27 bits per heavy atom. The van der Waals surface area contributed by atoms with Gasteiger partial charge in [-0.15, -0.1) is 0 Å². The minimum Gasteiger partial charge on any atom is -0.398 e. The highest BCUT2D eigenvalue weighted by molar-refractivity contribution is 7.13. The van der Waals surface area contributed by atoms with Gasteiger partial charge in [0, 0.05) is 0 Å². The Hall–Kier alpha value is -1.29. The summed E-state index contributed by atoms with van der Waals surface area (Å²) in [6.07, 6.45) is 0. The van der Waals surface area contributed by atoms with Crippen LogP contribution >= 0.6 is 11.5 Å². The molecule has 0 bridgehead atoms. The van der Waals surface area contributed by atoms with Crippen LogP contribution in [0.25, 0.3) is 10.1 Å². The van der Waals surface area contributed by atoms with Crippen LogP contribution in [-0.4, -0.2) is 4.37 Å². The maximum atomic E-state index is 11.0. The lowest BCUT2D eigenvalue weighted by molar-refractivity contribution is 1.46. The molecular formula is C7H6N2OS. The van der Waals surface area contributed by atoms with Crippen molar-refractivity contribution < 1.29 is 0 Å². The molecule has 1 aromatic heterocycles. The largest absolute Gasteiger partial charge is 0.398 e. The fourth-order valence-corrected chi connectivity index (χ4v) is 1.76. The molecule has 0 aliphatic rings. The monoisotopic (exact) mass is 166 g/mol. The quantitative estimate of drug-likeness (QED) is 0.577. The molecule has 0 fully saturated rings. The zero-order chi connectivity index (χ0) is 7.84. The summed E-state index contributed by atoms with van der Waals surface area (Å²) in [5.41, 5.74) is 6.22. The Balaban J connectivity index is 3.06. The predicted molar refractivity (Wildman–Crippen MR) is 46.9 cm³/mol. The molecule has 1 heterocycles. The molecule has 0 radical (unpaired) electrons. The number of rotatable bonds is 0. The van der Waals surface area contributed by atoms with E-state index >= 15 is 0 Å². The number of benzene rings is 1. The molecule has 3 nitrogen and oxygen atoms in total. The van der Waals surface area contributed by atoms with Crippen LogP contribution in [0.4, 0.5) is 5.69 Å². The van der Waals surface area contributed by atoms with E-state index in [-0.39, 0.29) is 5.56 Å². The molecule has 4 heteroatoms. The highest BCUT2D eigenvalue weighted by Gasteiger charge is 2.01. The number of nitrogens with one attached hydrogen (secondary N) is 1. The van der Waals surface area contributed by atoms with Crippen LogP contribution < -0.4 is 11.3 Å². The van der Waals surface area contributed by atoms with Gasteiger partial charge in [-0.25, -0.2) is 0 Å². The molecule has 0 amide bonds. The van der Waals surface area contributed by atoms with Crippen molar-refractivity contribution in [3.8, 4) is 0 Å². The van der Waals surface area contributed by atoms with E-state index < -0.39 is 0 Å². The second-order valence-electron chi connectivity index (χ2n) is 2.26. The van der Waals surface area contributed by atoms with E-state index in [1.54, 1.807) is 18.2 Å². The maximum absolute atomic E-state index is 11.0. The fourth-order valence-electron chi connectivity index (χ4n) is 1.000. The van der Waals surface area contributed by atoms with Crippen molar-refractivity contribution in [3.63, 3.8) is 0 Å². The van der Waals surface area contributed by atoms with Crippen molar-refractivity contribution in [2.24, 2.45) is 0 Å². The number of aromatic nitrogens is 1. The van der Waals surface area contributed by atoms with E-state index in [2.05, 4.69) is 4.37 Å². The number of aromatic amines is 1. The first-order valence-corrected chi connectivity index (χ1v) is 3.96. The van der Waals surface area contributed by atoms with Crippen molar-refractivity contribution in [1.29, 1.82) is 0 Å². The molecule has 1 aromatic carbocycles. The van der Waals surface area contributed by atoms with E-state index in [1.807, 2.05) is 0 Å². The van der Waals surface area contributed by atoms with E-state index in [1.165, 1.54) is 11.5 Å². The van der Waals surface area contributed by atoms with Crippen molar-refractivity contribution in [2.75, 3.05) is 5.73 Å². The van der Waals surface area contributed by atoms with E-state index in [0.717, 1.165) is 4.70 Å². The van der Waals surface area contributed by atoms with Gasteiger partial charge in [0.2, 0.25) is 0 Å². The van der Waals surface area contributed by atoms with Crippen LogP contribution in [0.3, 0.4) is 0 Å². The number of anilines is 1. The number of fused-ring (bicyclic) bond motifs is 1. The molecule has 3 N–H and O–H groups in total. The van der Waals surface area contributed by atoms with Crippen molar-refractivity contribution in [3.05, 3.63) is 28.6 Å². The zero-order valence-corrected chi connectivity index (χ0v) is 6.44. The SMILES string of the molecule is Nc1cccc2c(=O)[nH]sc12. The van der Waals surface area contributed by atoms with Gasteiger partial charge < -0.3 is 5.73 Å². The topological polar surface area (TPSA) is 58.9 Å². The van der Waals surface area contributed by atoms with Gasteiger partial charge in [-0.3, -0.25) is 9.17 Å². The standard InChI is InChI=1S/C7H6N2OS/c8-5-3-1-2-4-6(5)11-9-7(4)10/h1-3H,8H2,(H,9,10). The fraction of sp³-hybridized carbons (Fsp3) is 0. The van der Waals surface area contributed by atoms with Crippen LogP contribution in [0, 0.1) is 0 Å². The molecule has 0 aliphatic carbocycles. The second-order valence-corrected chi connectivity index (χ2v) is 3.07. The third-order valence-electron chi connectivity index (χ3n) is 1.54. The Kier molecular flexibility index (Phi) is 1.22. The van der Waals surface area contributed by atoms with Crippen molar-refractivity contribution >= 4 is 27.3 Å². The molecular weight excluding hydrogens is 160 g/mol. The molecule has 0 saturated heterocycles. The highest BCUT2D eigenvalue weighted by Crippen LogP contribution is 2.20. The summed E-state index contributed by atoms with van der Waals surface area (Å²) in [5.74, 6) is 0. The highest BCUT2D eigenvalue weighted by atomic mass is 32.1. The molecule has 56 valence electrons. The minimum absolute atomic E-state index is 0.0581. The Bertz CT molecular complexity index is 443. The summed E-state index contributed by atoms with van der Waals surface area (Å²) >= 11 is 1.28. The number of H-pyrrole nitrogens is 1. The molecule has 0 saturated carbocycles. The number of hydrogen-bond acceptors (Lipinski definition) is 3. The molecule has 0 unspecified atom stereocenters. The lowest BCUT2D eigenvalue weighted by Crippen LogP contribution is -1.96. The van der Waals surface area contributed by atoms with Crippen LogP contribution in [0.15, 0.2) is 23.0 Å². The molecule has 2 rings (SSSR count). The first kappa shape index (κ1) is 6.42. The second kappa shape index (κ2) is 2.10. The van der Waals surface area contributed by atoms with Crippen molar-refractivity contribution in [2.45, 2.75) is 0 Å². The number of nitrogens with two attached hydrogens (primary N) is 1. The van der Waals surface area contributed by atoms with Gasteiger partial charge in [0.15, 0.2) is 0 Å². The Morgan fingerprint density at radius 3 is 3.00 bits per heavy atom. The first-order valence-electron chi connectivity index (χ1n) is 3.15. The van der Waals surface area contributed by atoms with E-state index in [9.17, 15) is 4.79 Å². The molecule has 2 aromatic rings. The van der Waals surface area contributed by atoms with Gasteiger partial charge in [0.05, 0.1) is 15.8 Å². The predicted octanol–water partition coefficient (Wildman–Crippen LogP) is 1.17. The summed E-state index contributed by atoms with van der Waals surface area (Å²) in [6.45, 7) is 0. The first-order chi connectivity index (χ1) is 5.29. The summed E-state index contributed by atoms with van der Waals surface area (Å²) < 4.78 is 3.47. The third kappa shape index (κ3) is 0.832. The van der Waals surface area contributed by atoms with E-state index in [4.69, 9.17) is 5.73 Å². The maximum Gasteiger partial charge on any atom is 0.265 e. The Morgan fingerprint density at radius 1 is 1.45 bits per heavy atom. The van der Waals surface area contributed by atoms with Crippen LogP contribution in [0.1, 0.15) is 0 Å². The van der Waals surface area contributed by atoms with Gasteiger partial charge in [0.25, 0.3) is 5.56 Å². The number of hydrogen-bond donors (Lipinski definition) is 2. The van der Waals surface area contributed by atoms with Crippen molar-refractivity contribution in [1.82, 2.24) is 4.37 Å².